The van der Waals surface area contributed by atoms with E-state index in [1.165, 1.54) is 0 Å². The molecule has 1 atom stereocenters. The van der Waals surface area contributed by atoms with E-state index in [-0.39, 0.29) is 17.9 Å². The first-order chi connectivity index (χ1) is 16.5. The van der Waals surface area contributed by atoms with Crippen LogP contribution in [0.4, 0.5) is 0 Å². The monoisotopic (exact) mass is 457 g/mol. The molecular weight excluding hydrogens is 434 g/mol. The van der Waals surface area contributed by atoms with Crippen LogP contribution in [-0.2, 0) is 10.3 Å². The van der Waals surface area contributed by atoms with Gasteiger partial charge >= 0.3 is 0 Å². The molecule has 0 radical (unpaired) electrons. The number of carbonyl (C=O) groups excluding carboxylic acids is 1. The molecule has 5 rings (SSSR count). The summed E-state index contributed by atoms with van der Waals surface area (Å²) >= 11 is 0. The number of hydrogen-bond donors (Lipinski definition) is 3. The lowest BCUT2D eigenvalue weighted by Crippen LogP contribution is -2.50. The van der Waals surface area contributed by atoms with Crippen molar-refractivity contribution in [2.75, 3.05) is 6.61 Å². The minimum Gasteiger partial charge on any atom is -0.491 e. The van der Waals surface area contributed by atoms with E-state index in [1.807, 2.05) is 49.4 Å². The Morgan fingerprint density at radius 1 is 1.18 bits per heavy atom. The maximum Gasteiger partial charge on any atom is 0.290 e. The van der Waals surface area contributed by atoms with Crippen LogP contribution in [-0.4, -0.2) is 34.1 Å². The standard InChI is InChI=1S/C25H21N3O3.CH2O2/c1-16-4-8-19(9-5-16)25(11-14-31-21-3-2-12-26-22(21)25)28-23(29)18-7-6-17-10-13-27-24(30)20(17)15-18;2-1-3/h2-10,12-13,15H,11,14H2,1H3,(H,27,30)(H,28,29);1H,(H,2,3)/t25-;/m0./s1. The normalized spacial score (nSPS) is 16.4. The van der Waals surface area contributed by atoms with Crippen molar-refractivity contribution < 1.29 is 19.4 Å². The molecule has 3 heterocycles. The van der Waals surface area contributed by atoms with E-state index in [9.17, 15) is 9.59 Å². The molecular formula is C26H23N3O5. The largest absolute Gasteiger partial charge is 0.491 e. The third-order valence-electron chi connectivity index (χ3n) is 5.82. The molecule has 2 aromatic heterocycles. The molecule has 8 heteroatoms. The fourth-order valence-corrected chi connectivity index (χ4v) is 4.16. The molecule has 8 nitrogen and oxygen atoms in total. The Hall–Kier alpha value is -4.46. The van der Waals surface area contributed by atoms with Crippen molar-refractivity contribution in [3.8, 4) is 5.75 Å². The molecule has 172 valence electrons. The van der Waals surface area contributed by atoms with Crippen LogP contribution in [0.15, 0.2) is 77.9 Å². The van der Waals surface area contributed by atoms with Crippen molar-refractivity contribution in [2.24, 2.45) is 0 Å². The summed E-state index contributed by atoms with van der Waals surface area (Å²) in [6, 6.07) is 18.7. The van der Waals surface area contributed by atoms with Gasteiger partial charge in [0.2, 0.25) is 0 Å². The molecule has 0 unspecified atom stereocenters. The van der Waals surface area contributed by atoms with Crippen molar-refractivity contribution >= 4 is 23.2 Å². The molecule has 4 aromatic rings. The molecule has 0 saturated heterocycles. The highest BCUT2D eigenvalue weighted by Gasteiger charge is 2.42. The van der Waals surface area contributed by atoms with E-state index >= 15 is 0 Å². The van der Waals surface area contributed by atoms with E-state index in [1.54, 1.807) is 30.6 Å². The number of ether oxygens (including phenoxy) is 1. The van der Waals surface area contributed by atoms with Gasteiger partial charge in [0.1, 0.15) is 17.0 Å². The number of pyridine rings is 2. The van der Waals surface area contributed by atoms with Gasteiger partial charge in [-0.15, -0.1) is 0 Å². The van der Waals surface area contributed by atoms with Crippen LogP contribution in [0.1, 0.15) is 33.6 Å². The van der Waals surface area contributed by atoms with E-state index in [2.05, 4.69) is 15.3 Å². The smallest absolute Gasteiger partial charge is 0.290 e. The summed E-state index contributed by atoms with van der Waals surface area (Å²) < 4.78 is 5.83. The van der Waals surface area contributed by atoms with Crippen LogP contribution < -0.4 is 15.6 Å². The highest BCUT2D eigenvalue weighted by Crippen LogP contribution is 2.40. The summed E-state index contributed by atoms with van der Waals surface area (Å²) in [5.74, 6) is 0.383. The maximum absolute atomic E-state index is 13.4. The number of amides is 1. The summed E-state index contributed by atoms with van der Waals surface area (Å²) in [5.41, 5.74) is 2.10. The van der Waals surface area contributed by atoms with Crippen LogP contribution >= 0.6 is 0 Å². The lowest BCUT2D eigenvalue weighted by Gasteiger charge is -2.39. The van der Waals surface area contributed by atoms with Crippen molar-refractivity contribution in [3.05, 3.63) is 106 Å². The number of carboxylic acid groups (broad SMARTS) is 1. The summed E-state index contributed by atoms with van der Waals surface area (Å²) in [7, 11) is 0. The number of nitrogens with one attached hydrogen (secondary N) is 2. The van der Waals surface area contributed by atoms with Gasteiger partial charge in [-0.25, -0.2) is 0 Å². The Balaban J connectivity index is 0.000000868. The minimum absolute atomic E-state index is 0.224. The molecule has 1 aliphatic rings. The molecule has 3 N–H and O–H groups in total. The van der Waals surface area contributed by atoms with E-state index in [0.29, 0.717) is 35.4 Å². The number of fused-ring (bicyclic) bond motifs is 2. The van der Waals surface area contributed by atoms with Gasteiger partial charge in [0, 0.05) is 29.8 Å². The van der Waals surface area contributed by atoms with Gasteiger partial charge in [0.15, 0.2) is 0 Å². The second kappa shape index (κ2) is 9.58. The third-order valence-corrected chi connectivity index (χ3v) is 5.82. The predicted molar refractivity (Wildman–Crippen MR) is 127 cm³/mol. The summed E-state index contributed by atoms with van der Waals surface area (Å²) in [5, 5.41) is 11.4. The van der Waals surface area contributed by atoms with Gasteiger partial charge in [-0.2, -0.15) is 0 Å². The average molecular weight is 457 g/mol. The Morgan fingerprint density at radius 3 is 2.71 bits per heavy atom. The molecule has 34 heavy (non-hydrogen) atoms. The second-order valence-corrected chi connectivity index (χ2v) is 7.89. The average Bonchev–Trinajstić information content (AvgIpc) is 2.85. The highest BCUT2D eigenvalue weighted by atomic mass is 16.5. The summed E-state index contributed by atoms with van der Waals surface area (Å²) in [6.45, 7) is 2.22. The summed E-state index contributed by atoms with van der Waals surface area (Å²) in [4.78, 5) is 41.2. The van der Waals surface area contributed by atoms with Crippen LogP contribution in [0.25, 0.3) is 10.8 Å². The molecule has 0 aliphatic carbocycles. The second-order valence-electron chi connectivity index (χ2n) is 7.89. The fraction of sp³-hybridized carbons (Fsp3) is 0.154. The Labute approximate surface area is 195 Å². The number of hydrogen-bond acceptors (Lipinski definition) is 5. The highest BCUT2D eigenvalue weighted by molar-refractivity contribution is 5.99. The van der Waals surface area contributed by atoms with E-state index in [4.69, 9.17) is 14.6 Å². The first-order valence-electron chi connectivity index (χ1n) is 10.7. The zero-order valence-electron chi connectivity index (χ0n) is 18.4. The van der Waals surface area contributed by atoms with Crippen LogP contribution in [0.3, 0.4) is 0 Å². The quantitative estimate of drug-likeness (QED) is 0.406. The summed E-state index contributed by atoms with van der Waals surface area (Å²) in [6.07, 6.45) is 3.85. The minimum atomic E-state index is -0.836. The first-order valence-corrected chi connectivity index (χ1v) is 10.7. The number of carbonyl (C=O) groups is 2. The number of rotatable bonds is 3. The molecule has 1 aliphatic heterocycles. The Morgan fingerprint density at radius 2 is 1.94 bits per heavy atom. The molecule has 0 spiro atoms. The number of aromatic nitrogens is 2. The topological polar surface area (TPSA) is 121 Å². The van der Waals surface area contributed by atoms with Crippen molar-refractivity contribution in [1.29, 1.82) is 0 Å². The number of nitrogens with zero attached hydrogens (tertiary/aromatic N) is 1. The van der Waals surface area contributed by atoms with Crippen molar-refractivity contribution in [3.63, 3.8) is 0 Å². The molecule has 1 amide bonds. The van der Waals surface area contributed by atoms with Gasteiger partial charge in [0.25, 0.3) is 17.9 Å². The Kier molecular flexibility index (Phi) is 6.40. The zero-order chi connectivity index (χ0) is 24.1. The van der Waals surface area contributed by atoms with Gasteiger partial charge in [-0.3, -0.25) is 19.4 Å². The van der Waals surface area contributed by atoms with Gasteiger partial charge in [-0.1, -0.05) is 35.9 Å². The van der Waals surface area contributed by atoms with Crippen LogP contribution in [0.5, 0.6) is 5.75 Å². The van der Waals surface area contributed by atoms with Gasteiger partial charge < -0.3 is 20.1 Å². The Bertz CT molecular complexity index is 1400. The molecule has 0 fully saturated rings. The van der Waals surface area contributed by atoms with Gasteiger partial charge in [0.05, 0.1) is 6.61 Å². The lowest BCUT2D eigenvalue weighted by atomic mass is 9.81. The number of benzene rings is 2. The molecule has 0 bridgehead atoms. The fourth-order valence-electron chi connectivity index (χ4n) is 4.16. The number of aryl methyl sites for hydroxylation is 1. The van der Waals surface area contributed by atoms with Crippen LogP contribution in [0.2, 0.25) is 0 Å². The molecule has 2 aromatic carbocycles. The van der Waals surface area contributed by atoms with Crippen molar-refractivity contribution in [2.45, 2.75) is 18.9 Å². The molecule has 0 saturated carbocycles. The zero-order valence-corrected chi connectivity index (χ0v) is 18.4. The maximum atomic E-state index is 13.4. The van der Waals surface area contributed by atoms with Gasteiger partial charge in [-0.05, 0) is 48.2 Å². The third kappa shape index (κ3) is 4.25. The van der Waals surface area contributed by atoms with Crippen LogP contribution in [0, 0.1) is 6.92 Å². The SMILES string of the molecule is Cc1ccc([C@@]2(NC(=O)c3ccc4cc[nH]c(=O)c4c3)CCOc3cccnc32)cc1.O=CO. The lowest BCUT2D eigenvalue weighted by molar-refractivity contribution is -0.122. The van der Waals surface area contributed by atoms with Crippen molar-refractivity contribution in [1.82, 2.24) is 15.3 Å². The predicted octanol–water partition coefficient (Wildman–Crippen LogP) is 3.39. The first kappa shape index (κ1) is 22.7. The van der Waals surface area contributed by atoms with E-state index < -0.39 is 5.54 Å². The van der Waals surface area contributed by atoms with E-state index in [0.717, 1.165) is 16.5 Å². The number of H-pyrrole nitrogens is 1. The number of aromatic amines is 1.